The van der Waals surface area contributed by atoms with Crippen molar-refractivity contribution >= 4 is 39.2 Å². The van der Waals surface area contributed by atoms with Crippen molar-refractivity contribution < 1.29 is 22.5 Å². The van der Waals surface area contributed by atoms with Gasteiger partial charge in [-0.05, 0) is 75.7 Å². The molecule has 1 aliphatic carbocycles. The van der Waals surface area contributed by atoms with Crippen molar-refractivity contribution in [3.05, 3.63) is 33.8 Å². The van der Waals surface area contributed by atoms with Crippen LogP contribution < -0.4 is 0 Å². The van der Waals surface area contributed by atoms with Crippen LogP contribution >= 0.6 is 23.2 Å². The zero-order chi connectivity index (χ0) is 24.2. The third-order valence-corrected chi connectivity index (χ3v) is 7.68. The second-order valence-electron chi connectivity index (χ2n) is 9.42. The number of amides is 1. The normalized spacial score (nSPS) is 27.9. The number of rotatable bonds is 4. The van der Waals surface area contributed by atoms with Crippen molar-refractivity contribution in [3.63, 3.8) is 0 Å². The van der Waals surface area contributed by atoms with Gasteiger partial charge in [-0.1, -0.05) is 29.3 Å². The van der Waals surface area contributed by atoms with Gasteiger partial charge in [-0.2, -0.15) is 8.42 Å². The molecule has 2 heterocycles. The molecule has 1 N–H and O–H groups in total. The number of carbonyl (C=O) groups excluding carboxylic acids is 1. The van der Waals surface area contributed by atoms with Gasteiger partial charge < -0.3 is 9.64 Å². The van der Waals surface area contributed by atoms with Crippen LogP contribution in [0.5, 0.6) is 0 Å². The molecule has 1 aromatic carbocycles. The Morgan fingerprint density at radius 1 is 1.21 bits per heavy atom. The second kappa shape index (κ2) is 11.2. The number of carbonyl (C=O) groups is 1. The van der Waals surface area contributed by atoms with Gasteiger partial charge in [-0.3, -0.25) is 14.2 Å². The van der Waals surface area contributed by atoms with E-state index in [1.54, 1.807) is 12.1 Å². The Hall–Kier alpha value is -0.900. The smallest absolute Gasteiger partial charge is 0.261 e. The molecular weight excluding hydrogens is 487 g/mol. The zero-order valence-electron chi connectivity index (χ0n) is 19.3. The Labute approximate surface area is 207 Å². The summed E-state index contributed by atoms with van der Waals surface area (Å²) in [6.07, 6.45) is 9.08. The number of hydrogen-bond acceptors (Lipinski definition) is 5. The number of hydrogen-bond donors (Lipinski definition) is 1. The average Bonchev–Trinajstić information content (AvgIpc) is 3.42. The number of likely N-dealkylation sites (tertiary alicyclic amines) is 1. The molecule has 0 radical (unpaired) electrons. The summed E-state index contributed by atoms with van der Waals surface area (Å²) in [5.74, 6) is 0.149. The van der Waals surface area contributed by atoms with Gasteiger partial charge >= 0.3 is 0 Å². The van der Waals surface area contributed by atoms with Gasteiger partial charge in [-0.15, -0.1) is 0 Å². The molecule has 33 heavy (non-hydrogen) atoms. The molecule has 3 aliphatic rings. The van der Waals surface area contributed by atoms with E-state index in [-0.39, 0.29) is 17.6 Å². The molecule has 186 valence electrons. The van der Waals surface area contributed by atoms with E-state index in [4.69, 9.17) is 32.5 Å². The van der Waals surface area contributed by atoms with Gasteiger partial charge in [0.15, 0.2) is 0 Å². The highest BCUT2D eigenvalue weighted by Gasteiger charge is 2.47. The summed E-state index contributed by atoms with van der Waals surface area (Å²) in [5, 5.41) is 1.03. The molecule has 0 aromatic heterocycles. The fourth-order valence-corrected chi connectivity index (χ4v) is 5.69. The predicted molar refractivity (Wildman–Crippen MR) is 131 cm³/mol. The molecule has 1 amide bonds. The van der Waals surface area contributed by atoms with E-state index < -0.39 is 10.1 Å². The quantitative estimate of drug-likeness (QED) is 0.602. The summed E-state index contributed by atoms with van der Waals surface area (Å²) in [6, 6.07) is 6.11. The van der Waals surface area contributed by atoms with Crippen LogP contribution in [-0.2, 0) is 26.1 Å². The van der Waals surface area contributed by atoms with Gasteiger partial charge in [0, 0.05) is 25.7 Å². The lowest BCUT2D eigenvalue weighted by molar-refractivity contribution is -0.136. The van der Waals surface area contributed by atoms with Crippen molar-refractivity contribution in [3.8, 4) is 0 Å². The maximum absolute atomic E-state index is 13.1. The Kier molecular flexibility index (Phi) is 9.08. The minimum absolute atomic E-state index is 0.0529. The molecule has 10 heteroatoms. The van der Waals surface area contributed by atoms with E-state index in [0.29, 0.717) is 28.8 Å². The number of benzene rings is 1. The molecule has 3 fully saturated rings. The Morgan fingerprint density at radius 2 is 1.88 bits per heavy atom. The van der Waals surface area contributed by atoms with Crippen LogP contribution in [0.2, 0.25) is 10.0 Å². The summed E-state index contributed by atoms with van der Waals surface area (Å²) in [7, 11) is -1.69. The molecular formula is C23H34Cl2N2O5S. The SMILES string of the molecule is CN(C(=O)Cc1ccc(Cl)c(Cl)c1)C1CCC2(CCCO2)CC1N1CCCC1.CS(=O)(=O)O. The molecule has 7 nitrogen and oxygen atoms in total. The van der Waals surface area contributed by atoms with Crippen LogP contribution in [0.3, 0.4) is 0 Å². The largest absolute Gasteiger partial charge is 0.375 e. The summed E-state index contributed by atoms with van der Waals surface area (Å²) < 4.78 is 32.1. The highest BCUT2D eigenvalue weighted by atomic mass is 35.5. The molecule has 1 aromatic rings. The maximum Gasteiger partial charge on any atom is 0.261 e. The monoisotopic (exact) mass is 520 g/mol. The predicted octanol–water partition coefficient (Wildman–Crippen LogP) is 4.06. The lowest BCUT2D eigenvalue weighted by Gasteiger charge is -2.48. The molecule has 1 spiro atoms. The van der Waals surface area contributed by atoms with E-state index in [0.717, 1.165) is 44.5 Å². The summed E-state index contributed by atoms with van der Waals surface area (Å²) in [4.78, 5) is 17.7. The van der Waals surface area contributed by atoms with Crippen molar-refractivity contribution in [2.45, 2.75) is 69.1 Å². The first-order chi connectivity index (χ1) is 15.5. The van der Waals surface area contributed by atoms with E-state index >= 15 is 0 Å². The highest BCUT2D eigenvalue weighted by Crippen LogP contribution is 2.43. The van der Waals surface area contributed by atoms with Crippen LogP contribution in [0.15, 0.2) is 18.2 Å². The average molecular weight is 522 g/mol. The highest BCUT2D eigenvalue weighted by molar-refractivity contribution is 7.85. The van der Waals surface area contributed by atoms with Crippen molar-refractivity contribution in [1.29, 1.82) is 0 Å². The topological polar surface area (TPSA) is 87.2 Å². The first-order valence-electron chi connectivity index (χ1n) is 11.5. The first-order valence-corrected chi connectivity index (χ1v) is 14.1. The minimum Gasteiger partial charge on any atom is -0.375 e. The molecule has 1 saturated carbocycles. The Balaban J connectivity index is 0.000000555. The fraction of sp³-hybridized carbons (Fsp3) is 0.696. The molecule has 4 rings (SSSR count). The lowest BCUT2D eigenvalue weighted by atomic mass is 9.76. The number of nitrogens with zero attached hydrogens (tertiary/aromatic N) is 2. The van der Waals surface area contributed by atoms with Crippen LogP contribution in [0.25, 0.3) is 0 Å². The lowest BCUT2D eigenvalue weighted by Crippen LogP contribution is -2.58. The zero-order valence-corrected chi connectivity index (χ0v) is 21.6. The minimum atomic E-state index is -3.67. The number of halogens is 2. The van der Waals surface area contributed by atoms with E-state index in [2.05, 4.69) is 4.90 Å². The fourth-order valence-electron chi connectivity index (χ4n) is 5.37. The van der Waals surface area contributed by atoms with Gasteiger partial charge in [-0.25, -0.2) is 0 Å². The van der Waals surface area contributed by atoms with E-state index in [1.165, 1.54) is 25.7 Å². The Bertz CT molecular complexity index is 923. The van der Waals surface area contributed by atoms with Crippen molar-refractivity contribution in [2.75, 3.05) is 33.0 Å². The number of likely N-dealkylation sites (N-methyl/N-ethyl adjacent to an activating group) is 1. The summed E-state index contributed by atoms with van der Waals surface area (Å²) in [5.41, 5.74) is 0.965. The van der Waals surface area contributed by atoms with E-state index in [9.17, 15) is 13.2 Å². The van der Waals surface area contributed by atoms with Crippen molar-refractivity contribution in [1.82, 2.24) is 9.80 Å². The molecule has 0 bridgehead atoms. The van der Waals surface area contributed by atoms with Crippen LogP contribution in [0, 0.1) is 0 Å². The third-order valence-electron chi connectivity index (χ3n) is 6.95. The molecule has 2 saturated heterocycles. The number of ether oxygens (including phenoxy) is 1. The van der Waals surface area contributed by atoms with Gasteiger partial charge in [0.2, 0.25) is 5.91 Å². The van der Waals surface area contributed by atoms with Crippen molar-refractivity contribution in [2.24, 2.45) is 0 Å². The standard InChI is InChI=1S/C22H30Cl2N2O2.CH4O3S/c1-25(21(27)14-16-5-6-17(23)18(24)13-16)19-7-9-22(8-4-12-28-22)15-20(19)26-10-2-3-11-26;1-5(2,3)4/h5-6,13,19-20H,2-4,7-12,14-15H2,1H3;1H3,(H,2,3,4). The van der Waals surface area contributed by atoms with Gasteiger partial charge in [0.25, 0.3) is 10.1 Å². The van der Waals surface area contributed by atoms with Crippen LogP contribution in [0.1, 0.15) is 50.5 Å². The second-order valence-corrected chi connectivity index (χ2v) is 11.7. The van der Waals surface area contributed by atoms with Gasteiger partial charge in [0.1, 0.15) is 0 Å². The summed E-state index contributed by atoms with van der Waals surface area (Å²) >= 11 is 12.1. The maximum atomic E-state index is 13.1. The van der Waals surface area contributed by atoms with Gasteiger partial charge in [0.05, 0.1) is 28.3 Å². The summed E-state index contributed by atoms with van der Waals surface area (Å²) in [6.45, 7) is 3.18. The van der Waals surface area contributed by atoms with E-state index in [1.807, 2.05) is 18.0 Å². The molecule has 2 aliphatic heterocycles. The first kappa shape index (κ1) is 26.7. The molecule has 3 atom stereocenters. The van der Waals surface area contributed by atoms with Crippen LogP contribution in [-0.4, -0.2) is 79.4 Å². The van der Waals surface area contributed by atoms with Crippen LogP contribution in [0.4, 0.5) is 0 Å². The molecule has 3 unspecified atom stereocenters. The Morgan fingerprint density at radius 3 is 2.45 bits per heavy atom. The third kappa shape index (κ3) is 7.54.